The zero-order valence-corrected chi connectivity index (χ0v) is 15.0. The van der Waals surface area contributed by atoms with Crippen molar-refractivity contribution in [3.8, 4) is 0 Å². The third kappa shape index (κ3) is 2.96. The van der Waals surface area contributed by atoms with Gasteiger partial charge in [0.1, 0.15) is 6.10 Å². The molecule has 1 N–H and O–H groups in total. The SMILES string of the molecule is C[C@@H]1OC(=O)C2=C[C@H]3CCCC[C@@H]3[C@@H](/C=C/C3CCC[C@H](C)N3)[C@H]21. The van der Waals surface area contributed by atoms with Crippen molar-refractivity contribution >= 4 is 5.97 Å². The van der Waals surface area contributed by atoms with Crippen LogP contribution in [-0.2, 0) is 9.53 Å². The first-order valence-electron chi connectivity index (χ1n) is 10.0. The van der Waals surface area contributed by atoms with Gasteiger partial charge in [-0.3, -0.25) is 0 Å². The molecule has 4 aliphatic rings. The molecular formula is C21H31NO2. The summed E-state index contributed by atoms with van der Waals surface area (Å²) in [6.07, 6.45) is 16.2. The molecule has 2 aliphatic heterocycles. The number of esters is 1. The van der Waals surface area contributed by atoms with Gasteiger partial charge in [-0.2, -0.15) is 0 Å². The van der Waals surface area contributed by atoms with Crippen LogP contribution in [0.4, 0.5) is 0 Å². The van der Waals surface area contributed by atoms with E-state index in [0.29, 0.717) is 29.8 Å². The Morgan fingerprint density at radius 1 is 1.08 bits per heavy atom. The minimum Gasteiger partial charge on any atom is -0.459 e. The second-order valence-corrected chi connectivity index (χ2v) is 8.44. The van der Waals surface area contributed by atoms with E-state index in [9.17, 15) is 4.79 Å². The highest BCUT2D eigenvalue weighted by Crippen LogP contribution is 2.50. The molecule has 4 rings (SSSR count). The van der Waals surface area contributed by atoms with Gasteiger partial charge in [-0.1, -0.05) is 37.5 Å². The maximum Gasteiger partial charge on any atom is 0.334 e. The van der Waals surface area contributed by atoms with Gasteiger partial charge in [-0.05, 0) is 57.3 Å². The lowest BCUT2D eigenvalue weighted by atomic mass is 9.61. The molecule has 0 spiro atoms. The number of allylic oxidation sites excluding steroid dienone is 2. The van der Waals surface area contributed by atoms with Crippen LogP contribution in [0.5, 0.6) is 0 Å². The van der Waals surface area contributed by atoms with Crippen molar-refractivity contribution in [3.63, 3.8) is 0 Å². The number of cyclic esters (lactones) is 1. The van der Waals surface area contributed by atoms with E-state index in [2.05, 4.69) is 37.4 Å². The molecule has 1 saturated carbocycles. The molecule has 2 heterocycles. The molecule has 2 aliphatic carbocycles. The summed E-state index contributed by atoms with van der Waals surface area (Å²) < 4.78 is 5.60. The molecule has 0 amide bonds. The van der Waals surface area contributed by atoms with Crippen LogP contribution in [0.1, 0.15) is 58.8 Å². The minimum atomic E-state index is -0.0562. The second-order valence-electron chi connectivity index (χ2n) is 8.44. The fourth-order valence-electron chi connectivity index (χ4n) is 5.62. The van der Waals surface area contributed by atoms with Crippen LogP contribution in [0, 0.1) is 23.7 Å². The van der Waals surface area contributed by atoms with E-state index in [-0.39, 0.29) is 18.0 Å². The van der Waals surface area contributed by atoms with E-state index in [1.54, 1.807) is 0 Å². The molecule has 3 fully saturated rings. The van der Waals surface area contributed by atoms with Crippen LogP contribution in [0.3, 0.4) is 0 Å². The van der Waals surface area contributed by atoms with Gasteiger partial charge in [0.05, 0.1) is 0 Å². The van der Waals surface area contributed by atoms with Crippen LogP contribution in [0.25, 0.3) is 0 Å². The molecule has 0 aromatic rings. The molecule has 132 valence electrons. The van der Waals surface area contributed by atoms with Crippen molar-refractivity contribution in [2.24, 2.45) is 23.7 Å². The lowest BCUT2D eigenvalue weighted by Crippen LogP contribution is -2.40. The van der Waals surface area contributed by atoms with Gasteiger partial charge in [-0.25, -0.2) is 4.79 Å². The Hall–Kier alpha value is -1.09. The monoisotopic (exact) mass is 329 g/mol. The molecule has 0 radical (unpaired) electrons. The molecule has 24 heavy (non-hydrogen) atoms. The largest absolute Gasteiger partial charge is 0.459 e. The maximum absolute atomic E-state index is 12.3. The van der Waals surface area contributed by atoms with Gasteiger partial charge in [0.15, 0.2) is 0 Å². The number of piperidine rings is 1. The van der Waals surface area contributed by atoms with Gasteiger partial charge in [-0.15, -0.1) is 0 Å². The van der Waals surface area contributed by atoms with Crippen LogP contribution < -0.4 is 5.32 Å². The highest BCUT2D eigenvalue weighted by Gasteiger charge is 2.49. The van der Waals surface area contributed by atoms with Crippen molar-refractivity contribution < 1.29 is 9.53 Å². The number of rotatable bonds is 2. The Morgan fingerprint density at radius 3 is 2.75 bits per heavy atom. The summed E-state index contributed by atoms with van der Waals surface area (Å²) in [5.41, 5.74) is 0.977. The van der Waals surface area contributed by atoms with Crippen LogP contribution >= 0.6 is 0 Å². The third-order valence-electron chi connectivity index (χ3n) is 6.79. The van der Waals surface area contributed by atoms with Crippen molar-refractivity contribution in [1.29, 1.82) is 0 Å². The average molecular weight is 329 g/mol. The van der Waals surface area contributed by atoms with Crippen LogP contribution in [0.15, 0.2) is 23.8 Å². The number of ether oxygens (including phenoxy) is 1. The molecular weight excluding hydrogens is 298 g/mol. The van der Waals surface area contributed by atoms with Crippen molar-refractivity contribution in [3.05, 3.63) is 23.8 Å². The lowest BCUT2D eigenvalue weighted by Gasteiger charge is -2.42. The van der Waals surface area contributed by atoms with E-state index in [1.165, 1.54) is 44.9 Å². The quantitative estimate of drug-likeness (QED) is 0.615. The van der Waals surface area contributed by atoms with Crippen molar-refractivity contribution in [1.82, 2.24) is 5.32 Å². The number of carbonyl (C=O) groups is 1. The molecule has 0 aromatic carbocycles. The summed E-state index contributed by atoms with van der Waals surface area (Å²) in [5, 5.41) is 3.71. The topological polar surface area (TPSA) is 38.3 Å². The Morgan fingerprint density at radius 2 is 1.92 bits per heavy atom. The molecule has 7 atom stereocenters. The van der Waals surface area contributed by atoms with Crippen molar-refractivity contribution in [2.45, 2.75) is 77.0 Å². The number of hydrogen-bond acceptors (Lipinski definition) is 3. The van der Waals surface area contributed by atoms with Gasteiger partial charge >= 0.3 is 5.97 Å². The molecule has 3 nitrogen and oxygen atoms in total. The first kappa shape index (κ1) is 16.4. The molecule has 0 bridgehead atoms. The maximum atomic E-state index is 12.3. The van der Waals surface area contributed by atoms with E-state index >= 15 is 0 Å². The molecule has 0 aromatic heterocycles. The number of nitrogens with one attached hydrogen (secondary N) is 1. The first-order valence-corrected chi connectivity index (χ1v) is 10.0. The summed E-state index contributed by atoms with van der Waals surface area (Å²) >= 11 is 0. The number of fused-ring (bicyclic) bond motifs is 2. The highest BCUT2D eigenvalue weighted by atomic mass is 16.5. The summed E-state index contributed by atoms with van der Waals surface area (Å²) in [6.45, 7) is 4.36. The second kappa shape index (κ2) is 6.67. The van der Waals surface area contributed by atoms with Crippen molar-refractivity contribution in [2.75, 3.05) is 0 Å². The van der Waals surface area contributed by atoms with E-state index in [4.69, 9.17) is 4.74 Å². The predicted molar refractivity (Wildman–Crippen MR) is 95.4 cm³/mol. The molecule has 3 heteroatoms. The van der Waals surface area contributed by atoms with Gasteiger partial charge in [0.25, 0.3) is 0 Å². The summed E-state index contributed by atoms with van der Waals surface area (Å²) in [4.78, 5) is 12.3. The zero-order valence-electron chi connectivity index (χ0n) is 15.0. The number of hydrogen-bond donors (Lipinski definition) is 1. The predicted octanol–water partition coefficient (Wildman–Crippen LogP) is 4.00. The lowest BCUT2D eigenvalue weighted by molar-refractivity contribution is -0.138. The van der Waals surface area contributed by atoms with E-state index in [0.717, 1.165) is 5.57 Å². The van der Waals surface area contributed by atoms with Gasteiger partial charge in [0, 0.05) is 23.6 Å². The average Bonchev–Trinajstić information content (AvgIpc) is 2.86. The summed E-state index contributed by atoms with van der Waals surface area (Å²) in [5.74, 6) is 1.96. The smallest absolute Gasteiger partial charge is 0.334 e. The Balaban J connectivity index is 1.59. The minimum absolute atomic E-state index is 0.0273. The van der Waals surface area contributed by atoms with Gasteiger partial charge < -0.3 is 10.1 Å². The summed E-state index contributed by atoms with van der Waals surface area (Å²) in [7, 11) is 0. The van der Waals surface area contributed by atoms with Crippen LogP contribution in [-0.4, -0.2) is 24.2 Å². The highest BCUT2D eigenvalue weighted by molar-refractivity contribution is 5.92. The van der Waals surface area contributed by atoms with E-state index < -0.39 is 0 Å². The van der Waals surface area contributed by atoms with Gasteiger partial charge in [0.2, 0.25) is 0 Å². The Bertz CT molecular complexity index is 552. The molecule has 2 saturated heterocycles. The third-order valence-corrected chi connectivity index (χ3v) is 6.79. The molecule has 1 unspecified atom stereocenters. The Kier molecular flexibility index (Phi) is 4.55. The zero-order chi connectivity index (χ0) is 16.7. The fourth-order valence-corrected chi connectivity index (χ4v) is 5.62. The first-order chi connectivity index (χ1) is 11.6. The van der Waals surface area contributed by atoms with Crippen LogP contribution in [0.2, 0.25) is 0 Å². The summed E-state index contributed by atoms with van der Waals surface area (Å²) in [6, 6.07) is 1.12. The standard InChI is InChI=1S/C21H31NO2/c1-13-6-5-8-16(22-13)10-11-18-17-9-4-3-7-15(17)12-19-20(18)14(2)24-21(19)23/h10-18,20,22H,3-9H2,1-2H3/b11-10+/t13-,14-,15+,16?,17-,18+,20+/m0/s1. The number of carbonyl (C=O) groups excluding carboxylic acids is 1. The Labute approximate surface area is 145 Å². The normalized spacial score (nSPS) is 45.5. The van der Waals surface area contributed by atoms with E-state index in [1.807, 2.05) is 0 Å². The fraction of sp³-hybridized carbons (Fsp3) is 0.762.